The van der Waals surface area contributed by atoms with Crippen LogP contribution < -0.4 is 0 Å². The van der Waals surface area contributed by atoms with Crippen molar-refractivity contribution in [3.05, 3.63) is 17.2 Å². The molecule has 2 rings (SSSR count). The van der Waals surface area contributed by atoms with Crippen LogP contribution in [0.2, 0.25) is 0 Å². The van der Waals surface area contributed by atoms with E-state index in [1.54, 1.807) is 0 Å². The molecule has 1 aromatic carbocycles. The Hall–Kier alpha value is -1.91. The molecular weight excluding hydrogens is 260 g/mol. The summed E-state index contributed by atoms with van der Waals surface area (Å²) in [7, 11) is 0. The summed E-state index contributed by atoms with van der Waals surface area (Å²) in [6.45, 7) is 2.14. The highest BCUT2D eigenvalue weighted by atomic mass is 16.5. The highest BCUT2D eigenvalue weighted by Crippen LogP contribution is 2.48. The van der Waals surface area contributed by atoms with Crippen molar-refractivity contribution in [1.82, 2.24) is 0 Å². The number of benzene rings is 1. The van der Waals surface area contributed by atoms with Crippen molar-refractivity contribution in [2.75, 3.05) is 0 Å². The zero-order valence-corrected chi connectivity index (χ0v) is 11.6. The van der Waals surface area contributed by atoms with Gasteiger partial charge in [0, 0.05) is 0 Å². The number of ether oxygens (including phenoxy) is 1. The molecule has 0 saturated heterocycles. The number of phenolic OH excluding ortho intramolecular Hbond substituents is 3. The van der Waals surface area contributed by atoms with Crippen molar-refractivity contribution in [3.8, 4) is 17.2 Å². The van der Waals surface area contributed by atoms with E-state index in [0.29, 0.717) is 12.0 Å². The number of aromatic hydroxyl groups is 3. The van der Waals surface area contributed by atoms with Crippen LogP contribution in [0.5, 0.6) is 17.2 Å². The standard InChI is InChI=1S/C15H20O5/c1-2-3-4-5-6-7-11-12-9(15(19)20-11)8-10(16)13(17)14(12)18/h8,11,16-18H,2-7H2,1H3/t11-/m0/s1. The predicted octanol–water partition coefficient (Wildman–Crippen LogP) is 3.38. The van der Waals surface area contributed by atoms with E-state index in [-0.39, 0.29) is 5.56 Å². The van der Waals surface area contributed by atoms with Gasteiger partial charge in [0.15, 0.2) is 11.5 Å². The Kier molecular flexibility index (Phi) is 4.37. The molecule has 0 aromatic heterocycles. The molecule has 0 aliphatic carbocycles. The van der Waals surface area contributed by atoms with E-state index in [1.807, 2.05) is 0 Å². The largest absolute Gasteiger partial charge is 0.504 e. The number of unbranched alkanes of at least 4 members (excludes halogenated alkanes) is 4. The van der Waals surface area contributed by atoms with Crippen LogP contribution >= 0.6 is 0 Å². The highest BCUT2D eigenvalue weighted by molar-refractivity contribution is 5.96. The third kappa shape index (κ3) is 2.66. The fourth-order valence-corrected chi connectivity index (χ4v) is 2.54. The molecule has 0 bridgehead atoms. The number of hydrogen-bond acceptors (Lipinski definition) is 5. The molecule has 3 N–H and O–H groups in total. The minimum absolute atomic E-state index is 0.136. The molecule has 0 fully saturated rings. The van der Waals surface area contributed by atoms with Crippen LogP contribution in [0.4, 0.5) is 0 Å². The van der Waals surface area contributed by atoms with Crippen molar-refractivity contribution >= 4 is 5.97 Å². The number of carbonyl (C=O) groups is 1. The normalized spacial score (nSPS) is 17.1. The second-order valence-corrected chi connectivity index (χ2v) is 5.15. The average molecular weight is 280 g/mol. The maximum Gasteiger partial charge on any atom is 0.339 e. The number of cyclic esters (lactones) is 1. The van der Waals surface area contributed by atoms with Crippen molar-refractivity contribution < 1.29 is 24.9 Å². The molecule has 0 spiro atoms. The summed E-state index contributed by atoms with van der Waals surface area (Å²) >= 11 is 0. The molecule has 1 aliphatic rings. The van der Waals surface area contributed by atoms with Crippen molar-refractivity contribution in [2.24, 2.45) is 0 Å². The van der Waals surface area contributed by atoms with Gasteiger partial charge in [0.2, 0.25) is 5.75 Å². The van der Waals surface area contributed by atoms with Gasteiger partial charge in [-0.15, -0.1) is 0 Å². The third-order valence-electron chi connectivity index (χ3n) is 3.65. The molecule has 0 amide bonds. The molecule has 1 heterocycles. The van der Waals surface area contributed by atoms with Crippen LogP contribution in [0.25, 0.3) is 0 Å². The Balaban J connectivity index is 2.09. The molecule has 20 heavy (non-hydrogen) atoms. The molecular formula is C15H20O5. The summed E-state index contributed by atoms with van der Waals surface area (Å²) in [5.74, 6) is -2.13. The molecule has 0 saturated carbocycles. The van der Waals surface area contributed by atoms with Gasteiger partial charge in [-0.2, -0.15) is 0 Å². The summed E-state index contributed by atoms with van der Waals surface area (Å²) in [4.78, 5) is 11.7. The van der Waals surface area contributed by atoms with Crippen LogP contribution in [0.1, 0.15) is 67.5 Å². The molecule has 5 heteroatoms. The number of carbonyl (C=O) groups excluding carboxylic acids is 1. The van der Waals surface area contributed by atoms with Crippen LogP contribution in [0, 0.1) is 0 Å². The lowest BCUT2D eigenvalue weighted by atomic mass is 9.98. The second-order valence-electron chi connectivity index (χ2n) is 5.15. The minimum Gasteiger partial charge on any atom is -0.504 e. The molecule has 110 valence electrons. The first kappa shape index (κ1) is 14.5. The summed E-state index contributed by atoms with van der Waals surface area (Å²) in [5.41, 5.74) is 0.428. The van der Waals surface area contributed by atoms with E-state index < -0.39 is 29.3 Å². The van der Waals surface area contributed by atoms with E-state index in [2.05, 4.69) is 6.92 Å². The number of fused-ring (bicyclic) bond motifs is 1. The van der Waals surface area contributed by atoms with Gasteiger partial charge in [-0.3, -0.25) is 0 Å². The zero-order valence-electron chi connectivity index (χ0n) is 11.6. The highest BCUT2D eigenvalue weighted by Gasteiger charge is 2.36. The number of phenols is 3. The zero-order chi connectivity index (χ0) is 14.7. The predicted molar refractivity (Wildman–Crippen MR) is 73.0 cm³/mol. The van der Waals surface area contributed by atoms with Gasteiger partial charge in [-0.25, -0.2) is 4.79 Å². The first-order chi connectivity index (χ1) is 9.56. The van der Waals surface area contributed by atoms with E-state index in [9.17, 15) is 20.1 Å². The lowest BCUT2D eigenvalue weighted by Crippen LogP contribution is -1.99. The number of hydrogen-bond donors (Lipinski definition) is 3. The van der Waals surface area contributed by atoms with Crippen molar-refractivity contribution in [3.63, 3.8) is 0 Å². The van der Waals surface area contributed by atoms with Crippen molar-refractivity contribution in [1.29, 1.82) is 0 Å². The second kappa shape index (κ2) is 6.03. The lowest BCUT2D eigenvalue weighted by molar-refractivity contribution is 0.0360. The van der Waals surface area contributed by atoms with Gasteiger partial charge in [0.1, 0.15) is 6.10 Å². The summed E-state index contributed by atoms with van der Waals surface area (Å²) in [6, 6.07) is 1.14. The molecule has 0 unspecified atom stereocenters. The maximum absolute atomic E-state index is 11.7. The molecule has 1 atom stereocenters. The van der Waals surface area contributed by atoms with Gasteiger partial charge in [0.25, 0.3) is 0 Å². The van der Waals surface area contributed by atoms with Crippen LogP contribution in [-0.2, 0) is 4.74 Å². The Morgan fingerprint density at radius 1 is 1.10 bits per heavy atom. The molecule has 1 aliphatic heterocycles. The average Bonchev–Trinajstić information content (AvgIpc) is 2.73. The number of esters is 1. The molecule has 0 radical (unpaired) electrons. The van der Waals surface area contributed by atoms with Crippen LogP contribution in [0.15, 0.2) is 6.07 Å². The van der Waals surface area contributed by atoms with E-state index in [0.717, 1.165) is 31.7 Å². The minimum atomic E-state index is -0.599. The summed E-state index contributed by atoms with van der Waals surface area (Å²) in [5, 5.41) is 28.9. The van der Waals surface area contributed by atoms with Gasteiger partial charge in [0.05, 0.1) is 11.1 Å². The molecule has 5 nitrogen and oxygen atoms in total. The SMILES string of the molecule is CCCCCCC[C@@H]1OC(=O)c2cc(O)c(O)c(O)c21. The Bertz CT molecular complexity index is 509. The first-order valence-electron chi connectivity index (χ1n) is 7.05. The summed E-state index contributed by atoms with van der Waals surface area (Å²) in [6.07, 6.45) is 5.49. The van der Waals surface area contributed by atoms with Crippen LogP contribution in [-0.4, -0.2) is 21.3 Å². The van der Waals surface area contributed by atoms with E-state index >= 15 is 0 Å². The number of rotatable bonds is 6. The maximum atomic E-state index is 11.7. The summed E-state index contributed by atoms with van der Waals surface area (Å²) < 4.78 is 5.21. The van der Waals surface area contributed by atoms with Gasteiger partial charge in [-0.05, 0) is 18.9 Å². The monoisotopic (exact) mass is 280 g/mol. The molecule has 1 aromatic rings. The fraction of sp³-hybridized carbons (Fsp3) is 0.533. The lowest BCUT2D eigenvalue weighted by Gasteiger charge is -2.12. The Labute approximate surface area is 117 Å². The third-order valence-corrected chi connectivity index (χ3v) is 3.65. The van der Waals surface area contributed by atoms with Crippen molar-refractivity contribution in [2.45, 2.75) is 51.6 Å². The van der Waals surface area contributed by atoms with Gasteiger partial charge >= 0.3 is 5.97 Å². The van der Waals surface area contributed by atoms with Gasteiger partial charge < -0.3 is 20.1 Å². The quantitative estimate of drug-likeness (QED) is 0.422. The Morgan fingerprint density at radius 3 is 2.50 bits per heavy atom. The van der Waals surface area contributed by atoms with E-state index in [4.69, 9.17) is 4.74 Å². The smallest absolute Gasteiger partial charge is 0.339 e. The van der Waals surface area contributed by atoms with Crippen LogP contribution in [0.3, 0.4) is 0 Å². The fourth-order valence-electron chi connectivity index (χ4n) is 2.54. The topological polar surface area (TPSA) is 87.0 Å². The van der Waals surface area contributed by atoms with Gasteiger partial charge in [-0.1, -0.05) is 32.6 Å². The Morgan fingerprint density at radius 2 is 1.80 bits per heavy atom. The first-order valence-corrected chi connectivity index (χ1v) is 7.05. The van der Waals surface area contributed by atoms with E-state index in [1.165, 1.54) is 6.42 Å².